The van der Waals surface area contributed by atoms with Crippen LogP contribution in [0.2, 0.25) is 0 Å². The molecule has 0 spiro atoms. The Morgan fingerprint density at radius 3 is 1.64 bits per heavy atom. The third-order valence-corrected chi connectivity index (χ3v) is 7.30. The number of hydrogen-bond acceptors (Lipinski definition) is 3. The largest absolute Gasteiger partial charge is 0.351 e. The van der Waals surface area contributed by atoms with Gasteiger partial charge in [0.05, 0.1) is 0 Å². The monoisotopic (exact) mass is 384 g/mol. The molecule has 0 N–H and O–H groups in total. The van der Waals surface area contributed by atoms with Crippen LogP contribution in [0.15, 0.2) is 0 Å². The Kier molecular flexibility index (Phi) is 10.8. The zero-order valence-electron chi connectivity index (χ0n) is 16.7. The molecule has 2 nitrogen and oxygen atoms in total. The number of rotatable bonds is 9. The maximum absolute atomic E-state index is 6.06. The SMILES string of the molecule is CCCCN(CCCC)SC(=S)N(C1CCCCC1)C1CCCCC1. The minimum atomic E-state index is 0.719. The van der Waals surface area contributed by atoms with Crippen molar-refractivity contribution in [3.8, 4) is 0 Å². The summed E-state index contributed by atoms with van der Waals surface area (Å²) in [4.78, 5) is 2.73. The predicted octanol–water partition coefficient (Wildman–Crippen LogP) is 6.79. The Bertz CT molecular complexity index is 337. The van der Waals surface area contributed by atoms with Gasteiger partial charge in [-0.3, -0.25) is 0 Å². The van der Waals surface area contributed by atoms with E-state index in [0.717, 1.165) is 12.1 Å². The van der Waals surface area contributed by atoms with E-state index >= 15 is 0 Å². The third kappa shape index (κ3) is 7.38. The molecule has 146 valence electrons. The molecule has 0 aromatic carbocycles. The molecular weight excluding hydrogens is 344 g/mol. The van der Waals surface area contributed by atoms with Crippen LogP contribution in [0.3, 0.4) is 0 Å². The van der Waals surface area contributed by atoms with Gasteiger partial charge >= 0.3 is 0 Å². The normalized spacial score (nSPS) is 20.1. The molecule has 0 amide bonds. The second kappa shape index (κ2) is 12.6. The van der Waals surface area contributed by atoms with Gasteiger partial charge in [0, 0.05) is 25.2 Å². The molecule has 2 aliphatic carbocycles. The van der Waals surface area contributed by atoms with E-state index in [0.29, 0.717) is 0 Å². The fourth-order valence-corrected chi connectivity index (χ4v) is 6.01. The van der Waals surface area contributed by atoms with Crippen molar-refractivity contribution >= 4 is 28.5 Å². The van der Waals surface area contributed by atoms with Gasteiger partial charge in [-0.25, -0.2) is 4.31 Å². The summed E-state index contributed by atoms with van der Waals surface area (Å²) in [6, 6.07) is 1.44. The maximum atomic E-state index is 6.06. The lowest BCUT2D eigenvalue weighted by Gasteiger charge is -2.43. The van der Waals surface area contributed by atoms with Crippen LogP contribution in [-0.2, 0) is 0 Å². The third-order valence-electron chi connectivity index (χ3n) is 5.88. The van der Waals surface area contributed by atoms with Crippen molar-refractivity contribution in [2.75, 3.05) is 13.1 Å². The van der Waals surface area contributed by atoms with E-state index in [9.17, 15) is 0 Å². The highest BCUT2D eigenvalue weighted by Gasteiger charge is 2.31. The molecule has 2 rings (SSSR count). The van der Waals surface area contributed by atoms with Crippen molar-refractivity contribution in [3.05, 3.63) is 0 Å². The fourth-order valence-electron chi connectivity index (χ4n) is 4.34. The molecule has 0 unspecified atom stereocenters. The van der Waals surface area contributed by atoms with Crippen molar-refractivity contribution in [3.63, 3.8) is 0 Å². The molecule has 4 heteroatoms. The van der Waals surface area contributed by atoms with Gasteiger partial charge < -0.3 is 4.90 Å². The van der Waals surface area contributed by atoms with E-state index in [1.165, 1.54) is 107 Å². The van der Waals surface area contributed by atoms with Crippen LogP contribution in [0.5, 0.6) is 0 Å². The van der Waals surface area contributed by atoms with E-state index in [1.54, 1.807) is 0 Å². The molecular formula is C21H40N2S2. The highest BCUT2D eigenvalue weighted by Crippen LogP contribution is 2.33. The van der Waals surface area contributed by atoms with Gasteiger partial charge in [-0.15, -0.1) is 0 Å². The fraction of sp³-hybridized carbons (Fsp3) is 0.952. The van der Waals surface area contributed by atoms with Crippen molar-refractivity contribution in [2.24, 2.45) is 0 Å². The zero-order chi connectivity index (χ0) is 17.9. The minimum absolute atomic E-state index is 0.719. The molecule has 2 saturated carbocycles. The standard InChI is InChI=1S/C21H40N2S2/c1-3-5-17-22(18-6-4-2)25-21(24)23(19-13-9-7-10-14-19)20-15-11-8-12-16-20/h19-20H,3-18H2,1-2H3. The summed E-state index contributed by atoms with van der Waals surface area (Å²) >= 11 is 7.97. The van der Waals surface area contributed by atoms with Crippen LogP contribution in [-0.4, -0.2) is 38.7 Å². The predicted molar refractivity (Wildman–Crippen MR) is 117 cm³/mol. The second-order valence-electron chi connectivity index (χ2n) is 7.98. The highest BCUT2D eigenvalue weighted by molar-refractivity contribution is 8.21. The lowest BCUT2D eigenvalue weighted by Crippen LogP contribution is -2.48. The van der Waals surface area contributed by atoms with Crippen LogP contribution in [0.25, 0.3) is 0 Å². The van der Waals surface area contributed by atoms with Crippen molar-refractivity contribution in [2.45, 2.75) is 116 Å². The Hall–Kier alpha value is 0.200. The quantitative estimate of drug-likeness (QED) is 0.319. The lowest BCUT2D eigenvalue weighted by atomic mass is 9.89. The van der Waals surface area contributed by atoms with Crippen LogP contribution in [0, 0.1) is 0 Å². The van der Waals surface area contributed by atoms with Crippen molar-refractivity contribution < 1.29 is 0 Å². The molecule has 0 bridgehead atoms. The molecule has 0 atom stereocenters. The van der Waals surface area contributed by atoms with Gasteiger partial charge in [0.25, 0.3) is 0 Å². The molecule has 2 aliphatic rings. The molecule has 25 heavy (non-hydrogen) atoms. The molecule has 0 aliphatic heterocycles. The first-order valence-electron chi connectivity index (χ1n) is 11.0. The average molecular weight is 385 g/mol. The van der Waals surface area contributed by atoms with Gasteiger partial charge in [-0.1, -0.05) is 77.4 Å². The first kappa shape index (κ1) is 21.5. The summed E-state index contributed by atoms with van der Waals surface area (Å²) < 4.78 is 3.75. The smallest absolute Gasteiger partial charge is 0.152 e. The van der Waals surface area contributed by atoms with Crippen molar-refractivity contribution in [1.29, 1.82) is 0 Å². The van der Waals surface area contributed by atoms with Crippen molar-refractivity contribution in [1.82, 2.24) is 9.21 Å². The van der Waals surface area contributed by atoms with Crippen LogP contribution >= 0.6 is 24.2 Å². The zero-order valence-corrected chi connectivity index (χ0v) is 18.3. The van der Waals surface area contributed by atoms with Gasteiger partial charge in [0.15, 0.2) is 4.32 Å². The topological polar surface area (TPSA) is 6.48 Å². The average Bonchev–Trinajstić information content (AvgIpc) is 2.66. The Balaban J connectivity index is 2.00. The van der Waals surface area contributed by atoms with Gasteiger partial charge in [0.2, 0.25) is 0 Å². The number of hydrogen-bond donors (Lipinski definition) is 0. The lowest BCUT2D eigenvalue weighted by molar-refractivity contribution is 0.163. The number of nitrogens with zero attached hydrogens (tertiary/aromatic N) is 2. The van der Waals surface area contributed by atoms with E-state index in [1.807, 2.05) is 11.9 Å². The molecule has 0 saturated heterocycles. The second-order valence-corrected chi connectivity index (χ2v) is 9.72. The summed E-state index contributed by atoms with van der Waals surface area (Å²) in [6.45, 7) is 6.95. The van der Waals surface area contributed by atoms with Gasteiger partial charge in [-0.2, -0.15) is 0 Å². The Morgan fingerprint density at radius 2 is 1.24 bits per heavy atom. The molecule has 0 radical (unpaired) electrons. The summed E-state index contributed by atoms with van der Waals surface area (Å²) in [5.74, 6) is 0. The van der Waals surface area contributed by atoms with Gasteiger partial charge in [-0.05, 0) is 50.5 Å². The Morgan fingerprint density at radius 1 is 0.800 bits per heavy atom. The molecule has 2 fully saturated rings. The van der Waals surface area contributed by atoms with E-state index in [-0.39, 0.29) is 0 Å². The number of unbranched alkanes of at least 4 members (excludes halogenated alkanes) is 2. The van der Waals surface area contributed by atoms with Crippen LogP contribution in [0.4, 0.5) is 0 Å². The molecule has 0 heterocycles. The van der Waals surface area contributed by atoms with Gasteiger partial charge in [0.1, 0.15) is 0 Å². The van der Waals surface area contributed by atoms with E-state index in [4.69, 9.17) is 12.2 Å². The number of thiocarbonyl (C=S) groups is 1. The van der Waals surface area contributed by atoms with E-state index < -0.39 is 0 Å². The summed E-state index contributed by atoms with van der Waals surface area (Å²) in [7, 11) is 0. The molecule has 0 aromatic rings. The summed E-state index contributed by atoms with van der Waals surface area (Å²) in [5.41, 5.74) is 0. The summed E-state index contributed by atoms with van der Waals surface area (Å²) in [6.07, 6.45) is 19.0. The molecule has 0 aromatic heterocycles. The van der Waals surface area contributed by atoms with Crippen LogP contribution in [0.1, 0.15) is 104 Å². The highest BCUT2D eigenvalue weighted by atomic mass is 32.2. The Labute approximate surface area is 166 Å². The van der Waals surface area contributed by atoms with E-state index in [2.05, 4.69) is 23.1 Å². The maximum Gasteiger partial charge on any atom is 0.152 e. The summed E-state index contributed by atoms with van der Waals surface area (Å²) in [5, 5.41) is 0. The first-order chi connectivity index (χ1) is 12.3. The first-order valence-corrected chi connectivity index (χ1v) is 12.2. The minimum Gasteiger partial charge on any atom is -0.351 e. The van der Waals surface area contributed by atoms with Crippen LogP contribution < -0.4 is 0 Å².